The van der Waals surface area contributed by atoms with Crippen molar-refractivity contribution in [2.24, 2.45) is 0 Å². The van der Waals surface area contributed by atoms with Crippen LogP contribution >= 0.6 is 0 Å². The molecule has 0 spiro atoms. The van der Waals surface area contributed by atoms with E-state index in [1.165, 1.54) is 25.0 Å². The van der Waals surface area contributed by atoms with Crippen molar-refractivity contribution in [2.45, 2.75) is 25.1 Å². The maximum Gasteiger partial charge on any atom is 0.416 e. The zero-order chi connectivity index (χ0) is 15.3. The molecule has 2 N–H and O–H groups in total. The smallest absolute Gasteiger partial charge is 0.387 e. The highest BCUT2D eigenvalue weighted by atomic mass is 19.4. The lowest BCUT2D eigenvalue weighted by molar-refractivity contribution is -0.137. The molecule has 0 aliphatic carbocycles. The molecule has 1 aliphatic heterocycles. The maximum absolute atomic E-state index is 12.6. The molecule has 1 unspecified atom stereocenters. The molecule has 2 rings (SSSR count). The largest absolute Gasteiger partial charge is 0.416 e. The molecular formula is C15H21F3N2O. The fraction of sp³-hybridized carbons (Fsp3) is 0.600. The number of alkyl halides is 3. The van der Waals surface area contributed by atoms with Gasteiger partial charge in [0.2, 0.25) is 0 Å². The minimum absolute atomic E-state index is 0.259. The standard InChI is InChI=1S/C15H21F3N2O/c16-15(17,18)13-5-3-4-12(10-13)14(21)11-19-6-9-20-7-1-2-8-20/h3-5,10,14,19,21H,1-2,6-9,11H2. The van der Waals surface area contributed by atoms with E-state index in [2.05, 4.69) is 10.2 Å². The van der Waals surface area contributed by atoms with Gasteiger partial charge in [-0.25, -0.2) is 0 Å². The fourth-order valence-electron chi connectivity index (χ4n) is 2.52. The Bertz CT molecular complexity index is 445. The van der Waals surface area contributed by atoms with Crippen LogP contribution in [0.2, 0.25) is 0 Å². The lowest BCUT2D eigenvalue weighted by Gasteiger charge is -2.17. The number of hydrogen-bond donors (Lipinski definition) is 2. The summed E-state index contributed by atoms with van der Waals surface area (Å²) in [4.78, 5) is 2.34. The molecule has 1 atom stereocenters. The van der Waals surface area contributed by atoms with E-state index in [0.717, 1.165) is 38.3 Å². The Hall–Kier alpha value is -1.11. The van der Waals surface area contributed by atoms with Gasteiger partial charge in [-0.15, -0.1) is 0 Å². The molecule has 0 bridgehead atoms. The van der Waals surface area contributed by atoms with Crippen molar-refractivity contribution in [3.63, 3.8) is 0 Å². The van der Waals surface area contributed by atoms with E-state index in [-0.39, 0.29) is 6.54 Å². The molecule has 0 radical (unpaired) electrons. The molecule has 0 amide bonds. The fourth-order valence-corrected chi connectivity index (χ4v) is 2.52. The molecule has 118 valence electrons. The summed E-state index contributed by atoms with van der Waals surface area (Å²) in [5.74, 6) is 0. The predicted molar refractivity (Wildman–Crippen MR) is 74.9 cm³/mol. The Labute approximate surface area is 122 Å². The first kappa shape index (κ1) is 16.3. The van der Waals surface area contributed by atoms with Crippen LogP contribution in [0.3, 0.4) is 0 Å². The first-order valence-electron chi connectivity index (χ1n) is 7.25. The normalized spacial score (nSPS) is 18.1. The second-order valence-corrected chi connectivity index (χ2v) is 5.39. The number of nitrogens with one attached hydrogen (secondary N) is 1. The first-order chi connectivity index (χ1) is 9.97. The summed E-state index contributed by atoms with van der Waals surface area (Å²) in [5, 5.41) is 13.1. The van der Waals surface area contributed by atoms with Crippen LogP contribution in [0, 0.1) is 0 Å². The summed E-state index contributed by atoms with van der Waals surface area (Å²) in [6, 6.07) is 4.86. The minimum Gasteiger partial charge on any atom is -0.387 e. The van der Waals surface area contributed by atoms with E-state index in [0.29, 0.717) is 5.56 Å². The number of benzene rings is 1. The molecule has 21 heavy (non-hydrogen) atoms. The highest BCUT2D eigenvalue weighted by Crippen LogP contribution is 2.30. The van der Waals surface area contributed by atoms with E-state index < -0.39 is 17.8 Å². The van der Waals surface area contributed by atoms with Crippen LogP contribution < -0.4 is 5.32 Å². The van der Waals surface area contributed by atoms with Gasteiger partial charge < -0.3 is 15.3 Å². The van der Waals surface area contributed by atoms with Gasteiger partial charge in [0.15, 0.2) is 0 Å². The molecule has 0 saturated carbocycles. The lowest BCUT2D eigenvalue weighted by atomic mass is 10.1. The van der Waals surface area contributed by atoms with Gasteiger partial charge >= 0.3 is 6.18 Å². The van der Waals surface area contributed by atoms with Gasteiger partial charge in [-0.3, -0.25) is 0 Å². The Morgan fingerprint density at radius 3 is 2.62 bits per heavy atom. The van der Waals surface area contributed by atoms with Gasteiger partial charge in [-0.2, -0.15) is 13.2 Å². The third-order valence-electron chi connectivity index (χ3n) is 3.74. The Morgan fingerprint density at radius 1 is 1.24 bits per heavy atom. The molecule has 1 saturated heterocycles. The van der Waals surface area contributed by atoms with Crippen molar-refractivity contribution < 1.29 is 18.3 Å². The zero-order valence-electron chi connectivity index (χ0n) is 11.9. The van der Waals surface area contributed by atoms with Crippen molar-refractivity contribution >= 4 is 0 Å². The summed E-state index contributed by atoms with van der Waals surface area (Å²) in [5.41, 5.74) is -0.436. The van der Waals surface area contributed by atoms with Crippen LogP contribution in [-0.2, 0) is 6.18 Å². The average Bonchev–Trinajstić information content (AvgIpc) is 2.96. The second kappa shape index (κ2) is 7.24. The number of rotatable bonds is 6. The molecular weight excluding hydrogens is 281 g/mol. The van der Waals surface area contributed by atoms with E-state index in [4.69, 9.17) is 0 Å². The SMILES string of the molecule is OC(CNCCN1CCCC1)c1cccc(C(F)(F)F)c1. The van der Waals surface area contributed by atoms with Crippen LogP contribution in [0.5, 0.6) is 0 Å². The van der Waals surface area contributed by atoms with Crippen LogP contribution in [0.4, 0.5) is 13.2 Å². The van der Waals surface area contributed by atoms with E-state index in [1.807, 2.05) is 0 Å². The van der Waals surface area contributed by atoms with Gasteiger partial charge in [0.1, 0.15) is 0 Å². The second-order valence-electron chi connectivity index (χ2n) is 5.39. The highest BCUT2D eigenvalue weighted by molar-refractivity contribution is 5.27. The Kier molecular flexibility index (Phi) is 5.61. The monoisotopic (exact) mass is 302 g/mol. The third kappa shape index (κ3) is 4.98. The zero-order valence-corrected chi connectivity index (χ0v) is 11.9. The lowest BCUT2D eigenvalue weighted by Crippen LogP contribution is -2.32. The van der Waals surface area contributed by atoms with Crippen molar-refractivity contribution in [3.8, 4) is 0 Å². The number of aliphatic hydroxyl groups is 1. The van der Waals surface area contributed by atoms with Crippen LogP contribution in [0.15, 0.2) is 24.3 Å². The number of halogens is 3. The average molecular weight is 302 g/mol. The van der Waals surface area contributed by atoms with Crippen molar-refractivity contribution in [1.82, 2.24) is 10.2 Å². The molecule has 3 nitrogen and oxygen atoms in total. The molecule has 1 aliphatic rings. The van der Waals surface area contributed by atoms with Gasteiger partial charge in [0.05, 0.1) is 11.7 Å². The van der Waals surface area contributed by atoms with Gasteiger partial charge in [0.25, 0.3) is 0 Å². The minimum atomic E-state index is -4.38. The number of aliphatic hydroxyl groups excluding tert-OH is 1. The Balaban J connectivity index is 1.78. The first-order valence-corrected chi connectivity index (χ1v) is 7.25. The highest BCUT2D eigenvalue weighted by Gasteiger charge is 2.30. The number of nitrogens with zero attached hydrogens (tertiary/aromatic N) is 1. The molecule has 6 heteroatoms. The summed E-state index contributed by atoms with van der Waals surface area (Å²) in [7, 11) is 0. The van der Waals surface area contributed by atoms with E-state index in [9.17, 15) is 18.3 Å². The molecule has 1 fully saturated rings. The van der Waals surface area contributed by atoms with Gasteiger partial charge in [-0.05, 0) is 43.6 Å². The summed E-state index contributed by atoms with van der Waals surface area (Å²) in [6.45, 7) is 4.12. The third-order valence-corrected chi connectivity index (χ3v) is 3.74. The molecule has 1 heterocycles. The van der Waals surface area contributed by atoms with E-state index >= 15 is 0 Å². The van der Waals surface area contributed by atoms with E-state index in [1.54, 1.807) is 0 Å². The summed E-state index contributed by atoms with van der Waals surface area (Å²) >= 11 is 0. The van der Waals surface area contributed by atoms with Crippen molar-refractivity contribution in [3.05, 3.63) is 35.4 Å². The van der Waals surface area contributed by atoms with Crippen LogP contribution in [-0.4, -0.2) is 42.7 Å². The molecule has 0 aromatic heterocycles. The maximum atomic E-state index is 12.6. The summed E-state index contributed by atoms with van der Waals surface area (Å²) in [6.07, 6.45) is -2.84. The predicted octanol–water partition coefficient (Wildman–Crippen LogP) is 2.42. The quantitative estimate of drug-likeness (QED) is 0.792. The van der Waals surface area contributed by atoms with Crippen LogP contribution in [0.25, 0.3) is 0 Å². The Morgan fingerprint density at radius 2 is 1.95 bits per heavy atom. The van der Waals surface area contributed by atoms with Crippen molar-refractivity contribution in [1.29, 1.82) is 0 Å². The van der Waals surface area contributed by atoms with Crippen LogP contribution in [0.1, 0.15) is 30.1 Å². The topological polar surface area (TPSA) is 35.5 Å². The number of hydrogen-bond acceptors (Lipinski definition) is 3. The molecule has 1 aromatic carbocycles. The van der Waals surface area contributed by atoms with Gasteiger partial charge in [-0.1, -0.05) is 12.1 Å². The van der Waals surface area contributed by atoms with Gasteiger partial charge in [0, 0.05) is 19.6 Å². The number of likely N-dealkylation sites (tertiary alicyclic amines) is 1. The van der Waals surface area contributed by atoms with Crippen molar-refractivity contribution in [2.75, 3.05) is 32.7 Å². The summed E-state index contributed by atoms with van der Waals surface area (Å²) < 4.78 is 37.8. The molecule has 1 aromatic rings.